The number of aromatic nitrogens is 4. The van der Waals surface area contributed by atoms with Gasteiger partial charge in [-0.2, -0.15) is 5.10 Å². The first-order chi connectivity index (χ1) is 17.2. The van der Waals surface area contributed by atoms with Crippen molar-refractivity contribution in [3.8, 4) is 0 Å². The molecule has 190 valence electrons. The highest BCUT2D eigenvalue weighted by molar-refractivity contribution is 6.02. The van der Waals surface area contributed by atoms with Crippen LogP contribution >= 0.6 is 0 Å². The number of amides is 2. The molecule has 12 nitrogen and oxygen atoms in total. The molecule has 1 aromatic carbocycles. The van der Waals surface area contributed by atoms with Crippen molar-refractivity contribution in [1.82, 2.24) is 25.3 Å². The molecule has 14 heteroatoms. The van der Waals surface area contributed by atoms with Crippen molar-refractivity contribution in [3.05, 3.63) is 65.6 Å². The van der Waals surface area contributed by atoms with Crippen molar-refractivity contribution in [1.29, 1.82) is 0 Å². The second kappa shape index (κ2) is 11.8. The third-order valence-corrected chi connectivity index (χ3v) is 4.69. The maximum absolute atomic E-state index is 13.8. The fourth-order valence-corrected chi connectivity index (χ4v) is 2.89. The van der Waals surface area contributed by atoms with Gasteiger partial charge in [-0.25, -0.2) is 18.6 Å². The van der Waals surface area contributed by atoms with Gasteiger partial charge in [0.05, 0.1) is 18.4 Å². The number of benzene rings is 1. The zero-order chi connectivity index (χ0) is 26.2. The van der Waals surface area contributed by atoms with Crippen molar-refractivity contribution in [2.75, 3.05) is 30.9 Å². The van der Waals surface area contributed by atoms with E-state index < -0.39 is 35.8 Å². The third kappa shape index (κ3) is 6.56. The van der Waals surface area contributed by atoms with Gasteiger partial charge in [-0.05, 0) is 32.2 Å². The summed E-state index contributed by atoms with van der Waals surface area (Å²) in [5.41, 5.74) is 0.0449. The number of anilines is 2. The number of pyridine rings is 1. The Labute approximate surface area is 204 Å². The lowest BCUT2D eigenvalue weighted by atomic mass is 10.2. The van der Waals surface area contributed by atoms with Gasteiger partial charge in [-0.1, -0.05) is 6.07 Å². The number of esters is 1. The summed E-state index contributed by atoms with van der Waals surface area (Å²) in [6, 6.07) is 5.97. The van der Waals surface area contributed by atoms with Crippen LogP contribution in [0.3, 0.4) is 0 Å². The summed E-state index contributed by atoms with van der Waals surface area (Å²) in [6.07, 6.45) is 0.706. The molecule has 1 atom stereocenters. The topological polar surface area (TPSA) is 141 Å². The molecule has 0 radical (unpaired) electrons. The lowest BCUT2D eigenvalue weighted by Crippen LogP contribution is -2.31. The summed E-state index contributed by atoms with van der Waals surface area (Å²) >= 11 is 0. The number of ether oxygens (including phenoxy) is 2. The van der Waals surface area contributed by atoms with Crippen LogP contribution in [0, 0.1) is 11.6 Å². The zero-order valence-corrected chi connectivity index (χ0v) is 19.6. The average Bonchev–Trinajstić information content (AvgIpc) is 3.35. The monoisotopic (exact) mass is 503 g/mol. The SMILES string of the molecule is CNCC(=O)OCc1cccnc1N(C)C(=O)OC(C)n1ncc(C(=O)Nc2ccc(F)cc2F)n1. The molecule has 0 saturated carbocycles. The molecule has 2 heterocycles. The molecule has 3 rings (SSSR count). The van der Waals surface area contributed by atoms with Crippen LogP contribution in [0.4, 0.5) is 25.1 Å². The summed E-state index contributed by atoms with van der Waals surface area (Å²) in [4.78, 5) is 42.9. The van der Waals surface area contributed by atoms with E-state index in [0.29, 0.717) is 11.6 Å². The molecule has 36 heavy (non-hydrogen) atoms. The molecular formula is C22H23F2N7O5. The van der Waals surface area contributed by atoms with Crippen molar-refractivity contribution < 1.29 is 32.6 Å². The Bertz CT molecular complexity index is 1250. The number of nitrogens with one attached hydrogen (secondary N) is 2. The van der Waals surface area contributed by atoms with Crippen LogP contribution in [0.15, 0.2) is 42.7 Å². The van der Waals surface area contributed by atoms with Crippen LogP contribution in [-0.2, 0) is 20.9 Å². The average molecular weight is 503 g/mol. The predicted octanol–water partition coefficient (Wildman–Crippen LogP) is 2.26. The molecule has 2 aromatic heterocycles. The minimum Gasteiger partial charge on any atom is -0.460 e. The van der Waals surface area contributed by atoms with Gasteiger partial charge in [0.15, 0.2) is 5.69 Å². The lowest BCUT2D eigenvalue weighted by molar-refractivity contribution is -0.143. The Morgan fingerprint density at radius 1 is 1.22 bits per heavy atom. The minimum atomic E-state index is -1.04. The van der Waals surface area contributed by atoms with Gasteiger partial charge in [0.1, 0.15) is 24.1 Å². The molecule has 0 aliphatic rings. The predicted molar refractivity (Wildman–Crippen MR) is 122 cm³/mol. The van der Waals surface area contributed by atoms with Gasteiger partial charge in [0, 0.05) is 24.9 Å². The van der Waals surface area contributed by atoms with E-state index in [1.807, 2.05) is 0 Å². The van der Waals surface area contributed by atoms with E-state index in [9.17, 15) is 23.2 Å². The number of carbonyl (C=O) groups excluding carboxylic acids is 3. The molecule has 0 aliphatic heterocycles. The van der Waals surface area contributed by atoms with Gasteiger partial charge in [0.25, 0.3) is 5.91 Å². The number of nitrogens with zero attached hydrogens (tertiary/aromatic N) is 5. The maximum atomic E-state index is 13.8. The molecule has 0 saturated heterocycles. The minimum absolute atomic E-state index is 0.0285. The number of hydrogen-bond acceptors (Lipinski definition) is 9. The van der Waals surface area contributed by atoms with Crippen LogP contribution in [-0.4, -0.2) is 58.6 Å². The number of halogens is 2. The van der Waals surface area contributed by atoms with E-state index in [-0.39, 0.29) is 30.4 Å². The van der Waals surface area contributed by atoms with Crippen molar-refractivity contribution >= 4 is 29.5 Å². The van der Waals surface area contributed by atoms with Gasteiger partial charge in [0.2, 0.25) is 6.23 Å². The first kappa shape index (κ1) is 26.2. The Balaban J connectivity index is 1.63. The normalized spacial score (nSPS) is 11.5. The van der Waals surface area contributed by atoms with Crippen molar-refractivity contribution in [2.45, 2.75) is 19.8 Å². The van der Waals surface area contributed by atoms with Crippen molar-refractivity contribution in [2.24, 2.45) is 0 Å². The zero-order valence-electron chi connectivity index (χ0n) is 19.6. The Morgan fingerprint density at radius 2 is 2.00 bits per heavy atom. The summed E-state index contributed by atoms with van der Waals surface area (Å²) in [5.74, 6) is -2.80. The third-order valence-electron chi connectivity index (χ3n) is 4.69. The molecular weight excluding hydrogens is 480 g/mol. The molecule has 0 fully saturated rings. The maximum Gasteiger partial charge on any atom is 0.417 e. The summed E-state index contributed by atoms with van der Waals surface area (Å²) in [6.45, 7) is 1.39. The van der Waals surface area contributed by atoms with Gasteiger partial charge in [-0.15, -0.1) is 9.90 Å². The van der Waals surface area contributed by atoms with Crippen molar-refractivity contribution in [3.63, 3.8) is 0 Å². The van der Waals surface area contributed by atoms with Crippen LogP contribution in [0.1, 0.15) is 29.2 Å². The molecule has 1 unspecified atom stereocenters. The highest BCUT2D eigenvalue weighted by atomic mass is 19.1. The van der Waals surface area contributed by atoms with Gasteiger partial charge >= 0.3 is 12.1 Å². The number of carbonyl (C=O) groups is 3. The largest absolute Gasteiger partial charge is 0.460 e. The number of hydrogen-bond donors (Lipinski definition) is 2. The fourth-order valence-electron chi connectivity index (χ4n) is 2.89. The van der Waals surface area contributed by atoms with E-state index in [1.165, 1.54) is 20.2 Å². The summed E-state index contributed by atoms with van der Waals surface area (Å²) in [7, 11) is 3.03. The Kier molecular flexibility index (Phi) is 8.57. The number of likely N-dealkylation sites (N-methyl/N-ethyl adjacent to an activating group) is 1. The fraction of sp³-hybridized carbons (Fsp3) is 0.273. The Hall–Kier alpha value is -4.46. The van der Waals surface area contributed by atoms with E-state index in [1.54, 1.807) is 19.2 Å². The highest BCUT2D eigenvalue weighted by Crippen LogP contribution is 2.20. The quantitative estimate of drug-likeness (QED) is 0.421. The summed E-state index contributed by atoms with van der Waals surface area (Å²) in [5, 5.41) is 12.8. The molecule has 0 spiro atoms. The van der Waals surface area contributed by atoms with E-state index >= 15 is 0 Å². The molecule has 3 aromatic rings. The highest BCUT2D eigenvalue weighted by Gasteiger charge is 2.23. The van der Waals surface area contributed by atoms with Gasteiger partial charge in [-0.3, -0.25) is 14.5 Å². The first-order valence-electron chi connectivity index (χ1n) is 10.6. The van der Waals surface area contributed by atoms with Crippen LogP contribution in [0.2, 0.25) is 0 Å². The van der Waals surface area contributed by atoms with Crippen LogP contribution in [0.5, 0.6) is 0 Å². The number of rotatable bonds is 9. The molecule has 0 bridgehead atoms. The lowest BCUT2D eigenvalue weighted by Gasteiger charge is -2.21. The molecule has 2 amide bonds. The van der Waals surface area contributed by atoms with Crippen LogP contribution < -0.4 is 15.5 Å². The second-order valence-electron chi connectivity index (χ2n) is 7.35. The molecule has 0 aliphatic carbocycles. The van der Waals surface area contributed by atoms with E-state index in [4.69, 9.17) is 9.47 Å². The van der Waals surface area contributed by atoms with E-state index in [0.717, 1.165) is 28.0 Å². The second-order valence-corrected chi connectivity index (χ2v) is 7.35. The first-order valence-corrected chi connectivity index (χ1v) is 10.6. The standard InChI is InChI=1S/C22H23F2N7O5/c1-13(31-27-10-18(29-31)21(33)28-17-7-6-15(23)9-16(17)24)36-22(34)30(3)20-14(5-4-8-26-20)12-35-19(32)11-25-2/h4-10,13,25H,11-12H2,1-3H3,(H,28,33). The van der Waals surface area contributed by atoms with Gasteiger partial charge < -0.3 is 20.1 Å². The Morgan fingerprint density at radius 3 is 2.72 bits per heavy atom. The van der Waals surface area contributed by atoms with E-state index in [2.05, 4.69) is 25.8 Å². The smallest absolute Gasteiger partial charge is 0.417 e. The summed E-state index contributed by atoms with van der Waals surface area (Å²) < 4.78 is 37.3. The van der Waals surface area contributed by atoms with Crippen LogP contribution in [0.25, 0.3) is 0 Å². The molecule has 2 N–H and O–H groups in total.